The van der Waals surface area contributed by atoms with Crippen molar-refractivity contribution in [1.82, 2.24) is 14.8 Å². The van der Waals surface area contributed by atoms with Crippen LogP contribution >= 0.6 is 0 Å². The number of hydrogen-bond donors (Lipinski definition) is 1. The van der Waals surface area contributed by atoms with Gasteiger partial charge in [0, 0.05) is 6.42 Å². The molecule has 86 valence electrons. The Bertz CT molecular complexity index is 562. The summed E-state index contributed by atoms with van der Waals surface area (Å²) in [6, 6.07) is 10.1. The van der Waals surface area contributed by atoms with Gasteiger partial charge < -0.3 is 5.11 Å². The summed E-state index contributed by atoms with van der Waals surface area (Å²) in [6.07, 6.45) is 1.71. The van der Waals surface area contributed by atoms with E-state index in [-0.39, 0.29) is 11.9 Å². The second kappa shape index (κ2) is 3.69. The summed E-state index contributed by atoms with van der Waals surface area (Å²) >= 11 is 0. The highest BCUT2D eigenvalue weighted by molar-refractivity contribution is 5.82. The molecule has 0 aliphatic carbocycles. The van der Waals surface area contributed by atoms with E-state index < -0.39 is 5.97 Å². The highest BCUT2D eigenvalue weighted by atomic mass is 16.4. The molecule has 0 radical (unpaired) electrons. The molecule has 0 fully saturated rings. The van der Waals surface area contributed by atoms with Crippen LogP contribution in [0.4, 0.5) is 0 Å². The molecular formula is C12H11N3O2. The Morgan fingerprint density at radius 2 is 2.12 bits per heavy atom. The first-order valence-corrected chi connectivity index (χ1v) is 5.49. The predicted molar refractivity (Wildman–Crippen MR) is 59.9 cm³/mol. The maximum atomic E-state index is 10.8. The minimum absolute atomic E-state index is 0.111. The van der Waals surface area contributed by atoms with Crippen LogP contribution in [0.15, 0.2) is 30.3 Å². The van der Waals surface area contributed by atoms with Gasteiger partial charge in [0.2, 0.25) is 0 Å². The molecule has 0 bridgehead atoms. The molecule has 1 N–H and O–H groups in total. The zero-order valence-corrected chi connectivity index (χ0v) is 9.08. The third kappa shape index (κ3) is 1.60. The zero-order chi connectivity index (χ0) is 11.8. The monoisotopic (exact) mass is 229 g/mol. The van der Waals surface area contributed by atoms with E-state index in [1.807, 2.05) is 30.3 Å². The number of benzene rings is 1. The van der Waals surface area contributed by atoms with Crippen LogP contribution < -0.4 is 0 Å². The van der Waals surface area contributed by atoms with Crippen molar-refractivity contribution in [2.24, 2.45) is 0 Å². The quantitative estimate of drug-likeness (QED) is 0.847. The molecule has 0 amide bonds. The Balaban J connectivity index is 2.01. The fourth-order valence-electron chi connectivity index (χ4n) is 2.24. The van der Waals surface area contributed by atoms with Gasteiger partial charge >= 0.3 is 5.97 Å². The molecule has 0 unspecified atom stereocenters. The first-order valence-electron chi connectivity index (χ1n) is 5.49. The minimum Gasteiger partial charge on any atom is -0.475 e. The number of fused-ring (bicyclic) bond motifs is 1. The summed E-state index contributed by atoms with van der Waals surface area (Å²) in [5.74, 6) is -0.421. The number of aromatic carboxylic acids is 1. The van der Waals surface area contributed by atoms with E-state index in [0.29, 0.717) is 0 Å². The van der Waals surface area contributed by atoms with Gasteiger partial charge in [0.1, 0.15) is 5.82 Å². The summed E-state index contributed by atoms with van der Waals surface area (Å²) in [5, 5.41) is 12.9. The third-order valence-electron chi connectivity index (χ3n) is 3.01. The van der Waals surface area contributed by atoms with Crippen LogP contribution in [0.3, 0.4) is 0 Å². The number of hydrogen-bond acceptors (Lipinski definition) is 3. The van der Waals surface area contributed by atoms with Gasteiger partial charge in [-0.3, -0.25) is 0 Å². The SMILES string of the molecule is O=C(O)c1nc2n(n1)[C@H](c1ccccc1)CC2. The van der Waals surface area contributed by atoms with E-state index in [1.54, 1.807) is 4.68 Å². The highest BCUT2D eigenvalue weighted by Gasteiger charge is 2.28. The van der Waals surface area contributed by atoms with Gasteiger partial charge in [-0.2, -0.15) is 0 Å². The Morgan fingerprint density at radius 3 is 2.82 bits per heavy atom. The Kier molecular flexibility index (Phi) is 2.18. The van der Waals surface area contributed by atoms with Crippen LogP contribution in [0, 0.1) is 0 Å². The molecule has 5 heteroatoms. The largest absolute Gasteiger partial charge is 0.475 e. The fourth-order valence-corrected chi connectivity index (χ4v) is 2.24. The molecule has 1 aliphatic rings. The Morgan fingerprint density at radius 1 is 1.35 bits per heavy atom. The van der Waals surface area contributed by atoms with Crippen molar-refractivity contribution < 1.29 is 9.90 Å². The molecule has 1 aromatic carbocycles. The molecule has 1 aliphatic heterocycles. The number of aryl methyl sites for hydroxylation is 1. The number of rotatable bonds is 2. The number of carbonyl (C=O) groups is 1. The first kappa shape index (κ1) is 10.0. The van der Waals surface area contributed by atoms with Gasteiger partial charge in [0.05, 0.1) is 6.04 Å². The molecule has 17 heavy (non-hydrogen) atoms. The van der Waals surface area contributed by atoms with Crippen molar-refractivity contribution in [2.45, 2.75) is 18.9 Å². The van der Waals surface area contributed by atoms with Crippen molar-refractivity contribution in [3.63, 3.8) is 0 Å². The van der Waals surface area contributed by atoms with Crippen molar-refractivity contribution in [3.8, 4) is 0 Å². The molecule has 1 atom stereocenters. The number of nitrogens with zero attached hydrogens (tertiary/aromatic N) is 3. The molecule has 2 aromatic rings. The molecule has 2 heterocycles. The van der Waals surface area contributed by atoms with Crippen molar-refractivity contribution in [2.75, 3.05) is 0 Å². The van der Waals surface area contributed by atoms with Gasteiger partial charge in [0.15, 0.2) is 0 Å². The molecule has 1 aromatic heterocycles. The Hall–Kier alpha value is -2.17. The van der Waals surface area contributed by atoms with Crippen LogP contribution in [0.25, 0.3) is 0 Å². The summed E-state index contributed by atoms with van der Waals surface area (Å²) in [4.78, 5) is 14.8. The van der Waals surface area contributed by atoms with Crippen LogP contribution in [-0.2, 0) is 6.42 Å². The topological polar surface area (TPSA) is 68.0 Å². The second-order valence-electron chi connectivity index (χ2n) is 4.07. The smallest absolute Gasteiger partial charge is 0.375 e. The number of carboxylic acid groups (broad SMARTS) is 1. The maximum Gasteiger partial charge on any atom is 0.375 e. The molecule has 5 nitrogen and oxygen atoms in total. The maximum absolute atomic E-state index is 10.8. The zero-order valence-electron chi connectivity index (χ0n) is 9.08. The lowest BCUT2D eigenvalue weighted by Crippen LogP contribution is -2.09. The van der Waals surface area contributed by atoms with Crippen molar-refractivity contribution in [1.29, 1.82) is 0 Å². The van der Waals surface area contributed by atoms with E-state index in [0.717, 1.165) is 24.2 Å². The second-order valence-corrected chi connectivity index (χ2v) is 4.07. The van der Waals surface area contributed by atoms with E-state index in [1.165, 1.54) is 0 Å². The lowest BCUT2D eigenvalue weighted by molar-refractivity contribution is 0.0683. The highest BCUT2D eigenvalue weighted by Crippen LogP contribution is 2.29. The normalized spacial score (nSPS) is 18.0. The van der Waals surface area contributed by atoms with Gasteiger partial charge in [-0.05, 0) is 12.0 Å². The van der Waals surface area contributed by atoms with Gasteiger partial charge in [0.25, 0.3) is 5.82 Å². The average Bonchev–Trinajstić information content (AvgIpc) is 2.89. The molecule has 0 saturated heterocycles. The van der Waals surface area contributed by atoms with Gasteiger partial charge in [-0.15, -0.1) is 5.10 Å². The van der Waals surface area contributed by atoms with E-state index in [9.17, 15) is 4.79 Å². The van der Waals surface area contributed by atoms with E-state index >= 15 is 0 Å². The first-order chi connectivity index (χ1) is 8.25. The lowest BCUT2D eigenvalue weighted by atomic mass is 10.1. The number of carboxylic acids is 1. The van der Waals surface area contributed by atoms with E-state index in [4.69, 9.17) is 5.11 Å². The standard InChI is InChI=1S/C12H11N3O2/c16-12(17)11-13-10-7-6-9(15(10)14-11)8-4-2-1-3-5-8/h1-5,9H,6-7H2,(H,16,17)/t9-/m0/s1. The predicted octanol–water partition coefficient (Wildman–Crippen LogP) is 1.51. The van der Waals surface area contributed by atoms with Crippen LogP contribution in [0.2, 0.25) is 0 Å². The minimum atomic E-state index is -1.07. The summed E-state index contributed by atoms with van der Waals surface area (Å²) in [6.45, 7) is 0. The third-order valence-corrected chi connectivity index (χ3v) is 3.01. The Labute approximate surface area is 97.7 Å². The summed E-state index contributed by atoms with van der Waals surface area (Å²) in [5.41, 5.74) is 1.15. The summed E-state index contributed by atoms with van der Waals surface area (Å²) < 4.78 is 1.73. The lowest BCUT2D eigenvalue weighted by Gasteiger charge is -2.11. The van der Waals surface area contributed by atoms with Crippen LogP contribution in [0.1, 0.15) is 34.5 Å². The van der Waals surface area contributed by atoms with Crippen LogP contribution in [-0.4, -0.2) is 25.8 Å². The van der Waals surface area contributed by atoms with Crippen molar-refractivity contribution in [3.05, 3.63) is 47.5 Å². The average molecular weight is 229 g/mol. The van der Waals surface area contributed by atoms with Crippen molar-refractivity contribution >= 4 is 5.97 Å². The van der Waals surface area contributed by atoms with Gasteiger partial charge in [-0.25, -0.2) is 14.5 Å². The summed E-state index contributed by atoms with van der Waals surface area (Å²) in [7, 11) is 0. The number of aromatic nitrogens is 3. The fraction of sp³-hybridized carbons (Fsp3) is 0.250. The molecular weight excluding hydrogens is 218 g/mol. The van der Waals surface area contributed by atoms with E-state index in [2.05, 4.69) is 10.1 Å². The van der Waals surface area contributed by atoms with Crippen LogP contribution in [0.5, 0.6) is 0 Å². The molecule has 0 spiro atoms. The molecule has 3 rings (SSSR count). The molecule has 0 saturated carbocycles. The van der Waals surface area contributed by atoms with Gasteiger partial charge in [-0.1, -0.05) is 30.3 Å².